The molecule has 36 nitrogen and oxygen atoms in total. The molecular formula is C96H122N22O14. The summed E-state index contributed by atoms with van der Waals surface area (Å²) in [6.45, 7) is 12.3. The van der Waals surface area contributed by atoms with Crippen molar-refractivity contribution in [3.05, 3.63) is 203 Å². The predicted octanol–water partition coefficient (Wildman–Crippen LogP) is 6.38. The van der Waals surface area contributed by atoms with Gasteiger partial charge < -0.3 is 72.0 Å². The average molecular weight is 1810 g/mol. The van der Waals surface area contributed by atoms with Crippen LogP contribution in [0.5, 0.6) is 11.5 Å². The molecule has 2 saturated heterocycles. The van der Waals surface area contributed by atoms with Crippen LogP contribution in [0.25, 0.3) is 21.5 Å². The predicted molar refractivity (Wildman–Crippen MR) is 490 cm³/mol. The summed E-state index contributed by atoms with van der Waals surface area (Å²) in [7, 11) is 3.27. The summed E-state index contributed by atoms with van der Waals surface area (Å²) < 4.78 is 19.1. The van der Waals surface area contributed by atoms with Gasteiger partial charge in [0.1, 0.15) is 59.8 Å². The SMILES string of the molecule is CNC(C)C(=O)NC(C(=O)N1CC2CC1C(=O)NC(Cc1ccc3ccccc3c1)C(=O)NC(C(=O)O)Cc1ccc(cc1)OCCCn1cc(nn1)CCCCCc1cn(nn1)C1CC(C(=O)NC(Cc3ccc4ccccc4c3)C(=O)NC(C(=O)O)Cc3ccc(cc3)OCCCn3cc(nn3)CCCCCc3cn2nn3)N(C(=O)C(NC(=O)C(C)NC)C(C)C)C1)C(C)C. The van der Waals surface area contributed by atoms with Crippen molar-refractivity contribution in [3.8, 4) is 11.5 Å². The molecule has 10 heterocycles. The van der Waals surface area contributed by atoms with Gasteiger partial charge in [-0.15, -0.1) is 20.4 Å². The van der Waals surface area contributed by atoms with Gasteiger partial charge in [0.2, 0.25) is 47.3 Å². The number of rotatable bonds is 16. The van der Waals surface area contributed by atoms with Crippen LogP contribution in [-0.2, 0) is 112 Å². The van der Waals surface area contributed by atoms with E-state index in [0.29, 0.717) is 110 Å². The maximum Gasteiger partial charge on any atom is 0.326 e. The van der Waals surface area contributed by atoms with E-state index < -0.39 is 144 Å². The molecular weight excluding hydrogens is 1690 g/mol. The maximum atomic E-state index is 15.2. The molecule has 0 aliphatic carbocycles. The lowest BCUT2D eigenvalue weighted by Gasteiger charge is -2.32. The third kappa shape index (κ3) is 26.1. The molecule has 2 fully saturated rings. The minimum Gasteiger partial charge on any atom is -0.494 e. The van der Waals surface area contributed by atoms with E-state index in [1.54, 1.807) is 123 Å². The number of amides is 8. The minimum atomic E-state index is -1.44. The van der Waals surface area contributed by atoms with Crippen molar-refractivity contribution in [2.24, 2.45) is 11.8 Å². The lowest BCUT2D eigenvalue weighted by Crippen LogP contribution is -2.59. The highest BCUT2D eigenvalue weighted by molar-refractivity contribution is 5.98. The van der Waals surface area contributed by atoms with E-state index in [0.717, 1.165) is 71.5 Å². The van der Waals surface area contributed by atoms with Gasteiger partial charge in [0.15, 0.2) is 0 Å². The minimum absolute atomic E-state index is 0.0109. The van der Waals surface area contributed by atoms with Crippen LogP contribution in [0.2, 0.25) is 0 Å². The van der Waals surface area contributed by atoms with Crippen LogP contribution in [0, 0.1) is 11.8 Å². The van der Waals surface area contributed by atoms with Gasteiger partial charge >= 0.3 is 11.9 Å². The number of aryl methyl sites for hydroxylation is 6. The molecule has 6 aromatic carbocycles. The molecule has 0 saturated carbocycles. The van der Waals surface area contributed by atoms with Crippen LogP contribution in [0.15, 0.2) is 158 Å². The highest BCUT2D eigenvalue weighted by Gasteiger charge is 2.47. The molecule has 12 unspecified atom stereocenters. The van der Waals surface area contributed by atoms with Gasteiger partial charge in [-0.2, -0.15) is 0 Å². The normalized spacial score (nSPS) is 21.1. The van der Waals surface area contributed by atoms with Crippen molar-refractivity contribution in [2.75, 3.05) is 40.4 Å². The van der Waals surface area contributed by atoms with E-state index in [9.17, 15) is 39.0 Å². The average Bonchev–Trinajstić information content (AvgIpc) is 1.65. The number of aliphatic carboxylic acids is 2. The van der Waals surface area contributed by atoms with Crippen LogP contribution in [0.1, 0.15) is 163 Å². The molecule has 132 heavy (non-hydrogen) atoms. The molecule has 16 bridgehead atoms. The van der Waals surface area contributed by atoms with E-state index in [4.69, 9.17) is 9.47 Å². The van der Waals surface area contributed by atoms with Gasteiger partial charge in [0.25, 0.3) is 0 Å². The number of carbonyl (C=O) groups is 10. The molecule has 6 aliphatic heterocycles. The van der Waals surface area contributed by atoms with Crippen molar-refractivity contribution in [3.63, 3.8) is 0 Å². The number of nitrogens with zero attached hydrogens (tertiary/aromatic N) is 14. The summed E-state index contributed by atoms with van der Waals surface area (Å²) in [6, 6.07) is 28.3. The topological polar surface area (TPSA) is 455 Å². The Balaban J connectivity index is 0.704. The van der Waals surface area contributed by atoms with Gasteiger partial charge in [-0.3, -0.25) is 47.7 Å². The van der Waals surface area contributed by atoms with Gasteiger partial charge in [0.05, 0.1) is 60.2 Å². The molecule has 10 aromatic rings. The van der Waals surface area contributed by atoms with Crippen LogP contribution >= 0.6 is 0 Å². The Morgan fingerprint density at radius 3 is 1.16 bits per heavy atom. The number of aromatic nitrogens is 12. The number of hydrogen-bond acceptors (Lipinski definition) is 22. The second kappa shape index (κ2) is 45.9. The number of carboxylic acids is 2. The Hall–Kier alpha value is -13.4. The highest BCUT2D eigenvalue weighted by Crippen LogP contribution is 2.33. The van der Waals surface area contributed by atoms with Crippen LogP contribution in [0.3, 0.4) is 0 Å². The molecule has 12 atom stereocenters. The zero-order valence-corrected chi connectivity index (χ0v) is 76.1. The molecule has 700 valence electrons. The standard InChI is InChI=1S/C96H122N22O14/c1-59(2)85(103-87(119)61(5)97-7)93(125)115-57-75-51-83(115)91(123)99-79(49-65-29-35-67-21-15-17-23-69(67)45-65)89(121)101-81(95(127)128)47-63-31-37-77(38-32-63)131-43-20-42-114-54-72(106-110-114)26-12-10-14-28-74-56-118(112-108-74)76-52-84(116(58-76)94(126)86(60(3)4)104-88(120)62(6)98-8)92(124)100-80(50-66-30-36-68-22-16-18-24-70(68)46-66)90(122)102-82(96(129)130)48-64-33-39-78(40-34-64)132-44-19-41-113-53-71(105-109-113)25-11-9-13-27-73-55-117(75)111-107-73/h15-18,21-24,29-40,45-46,53-56,59-62,75-76,79-86,97-98H,9-14,19-20,25-28,41-44,47-52,57-58H2,1-8H3,(H,99,123)(H,100,124)(H,101,121)(H,102,122)(H,103,119)(H,104,120)(H,127,128)(H,129,130). The molecule has 0 radical (unpaired) electrons. The Kier molecular flexibility index (Phi) is 33.5. The highest BCUT2D eigenvalue weighted by atomic mass is 16.5. The van der Waals surface area contributed by atoms with Crippen molar-refractivity contribution < 1.29 is 67.6 Å². The first kappa shape index (κ1) is 96.2. The Morgan fingerprint density at radius 1 is 0.432 bits per heavy atom. The zero-order chi connectivity index (χ0) is 93.5. The van der Waals surface area contributed by atoms with E-state index in [2.05, 4.69) is 83.8 Å². The summed E-state index contributed by atoms with van der Waals surface area (Å²) in [5, 5.41) is 83.9. The third-order valence-corrected chi connectivity index (χ3v) is 24.9. The van der Waals surface area contributed by atoms with Gasteiger partial charge in [0, 0.05) is 102 Å². The molecule has 16 rings (SSSR count). The van der Waals surface area contributed by atoms with Crippen molar-refractivity contribution in [1.29, 1.82) is 0 Å². The largest absolute Gasteiger partial charge is 0.494 e. The number of carbonyl (C=O) groups excluding carboxylic acids is 8. The lowest BCUT2D eigenvalue weighted by molar-refractivity contribution is -0.144. The Labute approximate surface area is 766 Å². The number of nitrogens with one attached hydrogen (secondary N) is 8. The molecule has 36 heteroatoms. The molecule has 8 amide bonds. The number of likely N-dealkylation sites (tertiary alicyclic amines) is 2. The first-order valence-corrected chi connectivity index (χ1v) is 45.9. The van der Waals surface area contributed by atoms with E-state index in [1.807, 2.05) is 110 Å². The molecule has 10 N–H and O–H groups in total. The Bertz CT molecular complexity index is 5280. The van der Waals surface area contributed by atoms with Gasteiger partial charge in [-0.25, -0.2) is 19.0 Å². The van der Waals surface area contributed by atoms with E-state index in [1.165, 1.54) is 9.80 Å². The van der Waals surface area contributed by atoms with Crippen molar-refractivity contribution >= 4 is 80.7 Å². The van der Waals surface area contributed by atoms with Crippen LogP contribution in [0.4, 0.5) is 0 Å². The van der Waals surface area contributed by atoms with E-state index >= 15 is 19.2 Å². The summed E-state index contributed by atoms with van der Waals surface area (Å²) in [5.41, 5.74) is 5.59. The van der Waals surface area contributed by atoms with Crippen LogP contribution < -0.4 is 52.0 Å². The fourth-order valence-electron chi connectivity index (χ4n) is 17.0. The number of carboxylic acid groups (broad SMARTS) is 2. The maximum absolute atomic E-state index is 15.2. The number of benzene rings is 6. The van der Waals surface area contributed by atoms with Crippen molar-refractivity contribution in [1.82, 2.24) is 112 Å². The summed E-state index contributed by atoms with van der Waals surface area (Å²) in [4.78, 5) is 147. The van der Waals surface area contributed by atoms with E-state index in [-0.39, 0.29) is 51.6 Å². The number of likely N-dealkylation sites (N-methyl/N-ethyl adjacent to an activating group) is 2. The summed E-state index contributed by atoms with van der Waals surface area (Å²) in [6.07, 6.45) is 15.7. The molecule has 0 spiro atoms. The number of ether oxygens (including phenoxy) is 2. The van der Waals surface area contributed by atoms with Crippen LogP contribution in [-0.4, -0.2) is 240 Å². The van der Waals surface area contributed by atoms with Crippen molar-refractivity contribution in [2.45, 2.75) is 243 Å². The first-order valence-electron chi connectivity index (χ1n) is 45.9. The zero-order valence-electron chi connectivity index (χ0n) is 76.1. The van der Waals surface area contributed by atoms with Gasteiger partial charge in [-0.1, -0.05) is 171 Å². The second-order valence-electron chi connectivity index (χ2n) is 35.5. The Morgan fingerprint density at radius 2 is 0.795 bits per heavy atom. The quantitative estimate of drug-likeness (QED) is 0.0501. The first-order chi connectivity index (χ1) is 63.7. The van der Waals surface area contributed by atoms with Gasteiger partial charge in [-0.05, 0) is 159 Å². The summed E-state index contributed by atoms with van der Waals surface area (Å²) >= 11 is 0. The fourth-order valence-corrected chi connectivity index (χ4v) is 17.0. The lowest BCUT2D eigenvalue weighted by atomic mass is 9.99. The smallest absolute Gasteiger partial charge is 0.326 e. The fraction of sp³-hybridized carbons (Fsp3) is 0.479. The molecule has 6 aliphatic rings. The number of hydrogen-bond donors (Lipinski definition) is 10. The second-order valence-corrected chi connectivity index (χ2v) is 35.5. The molecule has 4 aromatic heterocycles. The third-order valence-electron chi connectivity index (χ3n) is 24.9. The number of fused-ring (bicyclic) bond motifs is 2. The summed E-state index contributed by atoms with van der Waals surface area (Å²) in [5.74, 6) is -7.02. The monoisotopic (exact) mass is 1810 g/mol.